The first-order valence-corrected chi connectivity index (χ1v) is 8.33. The van der Waals surface area contributed by atoms with E-state index in [1.54, 1.807) is 24.3 Å². The molecule has 1 aliphatic heterocycles. The van der Waals surface area contributed by atoms with Crippen molar-refractivity contribution in [1.82, 2.24) is 10.0 Å². The van der Waals surface area contributed by atoms with E-state index in [1.807, 2.05) is 12.1 Å². The minimum absolute atomic E-state index is 0.0269. The van der Waals surface area contributed by atoms with Crippen LogP contribution in [-0.2, 0) is 10.0 Å². The summed E-state index contributed by atoms with van der Waals surface area (Å²) in [4.78, 5) is 0.291. The third-order valence-electron chi connectivity index (χ3n) is 3.47. The minimum Gasteiger partial charge on any atom is -0.315 e. The van der Waals surface area contributed by atoms with Gasteiger partial charge in [0.1, 0.15) is 0 Å². The lowest BCUT2D eigenvalue weighted by molar-refractivity contribution is 0.560. The van der Waals surface area contributed by atoms with Crippen LogP contribution in [0.1, 0.15) is 6.42 Å². The maximum atomic E-state index is 12.3. The van der Waals surface area contributed by atoms with Gasteiger partial charge in [-0.05, 0) is 48.0 Å². The molecule has 0 aromatic heterocycles. The van der Waals surface area contributed by atoms with E-state index in [9.17, 15) is 8.42 Å². The van der Waals surface area contributed by atoms with E-state index in [4.69, 9.17) is 11.6 Å². The molecule has 0 bridgehead atoms. The van der Waals surface area contributed by atoms with Gasteiger partial charge in [-0.25, -0.2) is 13.1 Å². The highest BCUT2D eigenvalue weighted by atomic mass is 35.5. The molecule has 1 heterocycles. The monoisotopic (exact) mass is 310 g/mol. The molecule has 1 unspecified atom stereocenters. The van der Waals surface area contributed by atoms with Crippen LogP contribution < -0.4 is 10.0 Å². The van der Waals surface area contributed by atoms with Crippen molar-refractivity contribution in [1.29, 1.82) is 0 Å². The highest BCUT2D eigenvalue weighted by Crippen LogP contribution is 2.22. The van der Waals surface area contributed by atoms with Gasteiger partial charge in [0.25, 0.3) is 0 Å². The molecule has 1 atom stereocenters. The van der Waals surface area contributed by atoms with Crippen LogP contribution >= 0.6 is 11.6 Å². The van der Waals surface area contributed by atoms with Crippen LogP contribution in [0, 0.1) is 0 Å². The zero-order valence-corrected chi connectivity index (χ0v) is 12.3. The maximum absolute atomic E-state index is 12.3. The molecule has 3 rings (SSSR count). The molecular formula is C14H15ClN2O2S. The fraction of sp³-hybridized carbons (Fsp3) is 0.286. The Labute approximate surface area is 123 Å². The van der Waals surface area contributed by atoms with Crippen molar-refractivity contribution in [3.8, 4) is 0 Å². The summed E-state index contributed by atoms with van der Waals surface area (Å²) < 4.78 is 27.4. The number of halogens is 1. The predicted molar refractivity (Wildman–Crippen MR) is 80.6 cm³/mol. The van der Waals surface area contributed by atoms with Gasteiger partial charge in [-0.15, -0.1) is 0 Å². The first kappa shape index (κ1) is 13.8. The molecule has 0 spiro atoms. The molecule has 1 fully saturated rings. The van der Waals surface area contributed by atoms with Gasteiger partial charge in [0, 0.05) is 17.6 Å². The number of benzene rings is 2. The summed E-state index contributed by atoms with van der Waals surface area (Å²) in [6.07, 6.45) is 0.822. The van der Waals surface area contributed by atoms with Crippen LogP contribution in [0.15, 0.2) is 41.3 Å². The number of hydrogen-bond donors (Lipinski definition) is 2. The molecule has 2 N–H and O–H groups in total. The Balaban J connectivity index is 1.94. The summed E-state index contributed by atoms with van der Waals surface area (Å²) in [6.45, 7) is 1.53. The number of fused-ring (bicyclic) bond motifs is 1. The second-order valence-corrected chi connectivity index (χ2v) is 7.11. The Kier molecular flexibility index (Phi) is 3.69. The van der Waals surface area contributed by atoms with Crippen LogP contribution in [0.5, 0.6) is 0 Å². The first-order valence-electron chi connectivity index (χ1n) is 6.47. The summed E-state index contributed by atoms with van der Waals surface area (Å²) in [5.41, 5.74) is 0. The molecule has 6 heteroatoms. The minimum atomic E-state index is -3.47. The standard InChI is InChI=1S/C14H15ClN2O2S/c15-12-3-1-11-8-14(4-2-10(11)7-12)20(18,19)17-13-5-6-16-9-13/h1-4,7-8,13,16-17H,5-6,9H2. The van der Waals surface area contributed by atoms with E-state index < -0.39 is 10.0 Å². The Morgan fingerprint density at radius 2 is 1.90 bits per heavy atom. The van der Waals surface area contributed by atoms with Gasteiger partial charge in [-0.3, -0.25) is 0 Å². The molecule has 2 aromatic carbocycles. The lowest BCUT2D eigenvalue weighted by atomic mass is 10.1. The second-order valence-electron chi connectivity index (χ2n) is 4.96. The number of nitrogens with one attached hydrogen (secondary N) is 2. The van der Waals surface area contributed by atoms with Crippen LogP contribution in [-0.4, -0.2) is 27.5 Å². The highest BCUT2D eigenvalue weighted by molar-refractivity contribution is 7.89. The Morgan fingerprint density at radius 3 is 2.65 bits per heavy atom. The van der Waals surface area contributed by atoms with Crippen molar-refractivity contribution >= 4 is 32.4 Å². The molecular weight excluding hydrogens is 296 g/mol. The molecule has 0 radical (unpaired) electrons. The zero-order valence-electron chi connectivity index (χ0n) is 10.8. The smallest absolute Gasteiger partial charge is 0.240 e. The van der Waals surface area contributed by atoms with Crippen molar-refractivity contribution in [2.45, 2.75) is 17.4 Å². The SMILES string of the molecule is O=S(=O)(NC1CCNC1)c1ccc2cc(Cl)ccc2c1. The quantitative estimate of drug-likeness (QED) is 0.913. The van der Waals surface area contributed by atoms with Crippen molar-refractivity contribution < 1.29 is 8.42 Å². The average molecular weight is 311 g/mol. The van der Waals surface area contributed by atoms with Crippen molar-refractivity contribution in [2.75, 3.05) is 13.1 Å². The van der Waals surface area contributed by atoms with Crippen LogP contribution in [0.25, 0.3) is 10.8 Å². The van der Waals surface area contributed by atoms with Gasteiger partial charge in [0.2, 0.25) is 10.0 Å². The second kappa shape index (κ2) is 5.33. The molecule has 20 heavy (non-hydrogen) atoms. The van der Waals surface area contributed by atoms with E-state index in [-0.39, 0.29) is 6.04 Å². The summed E-state index contributed by atoms with van der Waals surface area (Å²) in [7, 11) is -3.47. The largest absolute Gasteiger partial charge is 0.315 e. The normalized spacial score (nSPS) is 19.6. The van der Waals surface area contributed by atoms with Gasteiger partial charge in [-0.1, -0.05) is 23.7 Å². The van der Waals surface area contributed by atoms with Gasteiger partial charge in [0.15, 0.2) is 0 Å². The Bertz CT molecular complexity index is 740. The fourth-order valence-electron chi connectivity index (χ4n) is 2.40. The molecule has 0 amide bonds. The molecule has 2 aromatic rings. The van der Waals surface area contributed by atoms with E-state index in [2.05, 4.69) is 10.0 Å². The predicted octanol–water partition coefficient (Wildman–Crippen LogP) is 2.13. The van der Waals surface area contributed by atoms with Crippen molar-refractivity contribution in [3.05, 3.63) is 41.4 Å². The topological polar surface area (TPSA) is 58.2 Å². The number of rotatable bonds is 3. The summed E-state index contributed by atoms with van der Waals surface area (Å²) in [6, 6.07) is 10.5. The van der Waals surface area contributed by atoms with E-state index >= 15 is 0 Å². The van der Waals surface area contributed by atoms with E-state index in [0.717, 1.165) is 23.7 Å². The molecule has 4 nitrogen and oxygen atoms in total. The molecule has 1 saturated heterocycles. The summed E-state index contributed by atoms with van der Waals surface area (Å²) >= 11 is 5.92. The third kappa shape index (κ3) is 2.81. The number of sulfonamides is 1. The summed E-state index contributed by atoms with van der Waals surface area (Å²) in [5.74, 6) is 0. The van der Waals surface area contributed by atoms with Crippen molar-refractivity contribution in [3.63, 3.8) is 0 Å². The maximum Gasteiger partial charge on any atom is 0.240 e. The van der Waals surface area contributed by atoms with Gasteiger partial charge in [0.05, 0.1) is 4.90 Å². The van der Waals surface area contributed by atoms with E-state index in [0.29, 0.717) is 16.5 Å². The van der Waals surface area contributed by atoms with E-state index in [1.165, 1.54) is 0 Å². The van der Waals surface area contributed by atoms with Gasteiger partial charge < -0.3 is 5.32 Å². The van der Waals surface area contributed by atoms with Gasteiger partial charge in [-0.2, -0.15) is 0 Å². The summed E-state index contributed by atoms with van der Waals surface area (Å²) in [5, 5.41) is 5.57. The Morgan fingerprint density at radius 1 is 1.15 bits per heavy atom. The van der Waals surface area contributed by atoms with Crippen molar-refractivity contribution in [2.24, 2.45) is 0 Å². The highest BCUT2D eigenvalue weighted by Gasteiger charge is 2.22. The van der Waals surface area contributed by atoms with Crippen LogP contribution in [0.2, 0.25) is 5.02 Å². The molecule has 106 valence electrons. The lowest BCUT2D eigenvalue weighted by Gasteiger charge is -2.12. The molecule has 0 saturated carbocycles. The Hall–Kier alpha value is -1.14. The van der Waals surface area contributed by atoms with Crippen LogP contribution in [0.3, 0.4) is 0 Å². The molecule has 1 aliphatic rings. The zero-order chi connectivity index (χ0) is 14.2. The fourth-order valence-corrected chi connectivity index (χ4v) is 3.89. The van der Waals surface area contributed by atoms with Gasteiger partial charge >= 0.3 is 0 Å². The van der Waals surface area contributed by atoms with Crippen LogP contribution in [0.4, 0.5) is 0 Å². The first-order chi connectivity index (χ1) is 9.54. The number of hydrogen-bond acceptors (Lipinski definition) is 3. The average Bonchev–Trinajstić information content (AvgIpc) is 2.90. The lowest BCUT2D eigenvalue weighted by Crippen LogP contribution is -2.36. The third-order valence-corrected chi connectivity index (χ3v) is 5.22. The molecule has 0 aliphatic carbocycles.